The molecule has 94 valence electrons. The number of hydrogen-bond donors (Lipinski definition) is 1. The maximum atomic E-state index is 11.1. The minimum absolute atomic E-state index is 0. The van der Waals surface area contributed by atoms with Crippen LogP contribution >= 0.6 is 24.0 Å². The fraction of sp³-hybridized carbons (Fsp3) is 0.556. The molecule has 0 saturated heterocycles. The van der Waals surface area contributed by atoms with Crippen LogP contribution in [0.4, 0.5) is 0 Å². The molecule has 0 bridgehead atoms. The first-order valence-electron chi connectivity index (χ1n) is 4.69. The van der Waals surface area contributed by atoms with Gasteiger partial charge in [0.25, 0.3) is 0 Å². The second-order valence-corrected chi connectivity index (χ2v) is 5.96. The van der Waals surface area contributed by atoms with Crippen LogP contribution in [0.25, 0.3) is 0 Å². The van der Waals surface area contributed by atoms with E-state index >= 15 is 0 Å². The Balaban J connectivity index is 0.00000225. The Labute approximate surface area is 107 Å². The smallest absolute Gasteiger partial charge is 0.193 e. The molecule has 1 aromatic rings. The summed E-state index contributed by atoms with van der Waals surface area (Å²) in [5.41, 5.74) is 0. The van der Waals surface area contributed by atoms with Gasteiger partial charge in [-0.1, -0.05) is 6.92 Å². The number of rotatable bonds is 6. The molecule has 0 unspecified atom stereocenters. The van der Waals surface area contributed by atoms with Crippen LogP contribution < -0.4 is 5.32 Å². The summed E-state index contributed by atoms with van der Waals surface area (Å²) in [5, 5.41) is 3.31. The maximum Gasteiger partial charge on any atom is 0.193 e. The fourth-order valence-electron chi connectivity index (χ4n) is 1.03. The molecule has 0 atom stereocenters. The third kappa shape index (κ3) is 5.75. The summed E-state index contributed by atoms with van der Waals surface area (Å²) in [5.74, 6) is 1.04. The molecular weight excluding hydrogens is 273 g/mol. The summed E-state index contributed by atoms with van der Waals surface area (Å²) in [6.45, 7) is 2.56. The first kappa shape index (κ1) is 15.8. The van der Waals surface area contributed by atoms with Crippen molar-refractivity contribution in [2.75, 3.05) is 18.1 Å². The van der Waals surface area contributed by atoms with Gasteiger partial charge in [0, 0.05) is 12.3 Å². The standard InChI is InChI=1S/C9H14ClNO3S.ClH/c1-2-15(12,13)6-5-11-7-8-3-4-9(10)14-8;/h3-4,11H,2,5-7H2,1H3;1H. The third-order valence-electron chi connectivity index (χ3n) is 1.96. The zero-order valence-electron chi connectivity index (χ0n) is 8.90. The summed E-state index contributed by atoms with van der Waals surface area (Å²) >= 11 is 5.58. The Morgan fingerprint density at radius 1 is 1.44 bits per heavy atom. The van der Waals surface area contributed by atoms with Crippen LogP contribution in [0.5, 0.6) is 0 Å². The van der Waals surface area contributed by atoms with Crippen molar-refractivity contribution in [1.82, 2.24) is 5.32 Å². The van der Waals surface area contributed by atoms with Crippen molar-refractivity contribution in [1.29, 1.82) is 0 Å². The van der Waals surface area contributed by atoms with Gasteiger partial charge in [-0.25, -0.2) is 8.42 Å². The highest BCUT2D eigenvalue weighted by Gasteiger charge is 2.06. The van der Waals surface area contributed by atoms with E-state index in [1.807, 2.05) is 0 Å². The topological polar surface area (TPSA) is 59.3 Å². The van der Waals surface area contributed by atoms with Crippen LogP contribution in [-0.2, 0) is 16.4 Å². The monoisotopic (exact) mass is 287 g/mol. The van der Waals surface area contributed by atoms with E-state index in [-0.39, 0.29) is 23.9 Å². The van der Waals surface area contributed by atoms with E-state index in [4.69, 9.17) is 16.0 Å². The van der Waals surface area contributed by atoms with Crippen molar-refractivity contribution in [3.8, 4) is 0 Å². The molecule has 16 heavy (non-hydrogen) atoms. The molecule has 0 spiro atoms. The van der Waals surface area contributed by atoms with Crippen LogP contribution in [0.15, 0.2) is 16.5 Å². The van der Waals surface area contributed by atoms with E-state index in [0.717, 1.165) is 0 Å². The summed E-state index contributed by atoms with van der Waals surface area (Å²) in [6, 6.07) is 3.41. The third-order valence-corrected chi connectivity index (χ3v) is 3.87. The number of nitrogens with one attached hydrogen (secondary N) is 1. The van der Waals surface area contributed by atoms with Crippen LogP contribution in [0.1, 0.15) is 12.7 Å². The molecule has 1 rings (SSSR count). The zero-order valence-corrected chi connectivity index (χ0v) is 11.3. The van der Waals surface area contributed by atoms with Crippen LogP contribution in [0, 0.1) is 0 Å². The normalized spacial score (nSPS) is 11.1. The highest BCUT2D eigenvalue weighted by Crippen LogP contribution is 2.12. The van der Waals surface area contributed by atoms with E-state index in [0.29, 0.717) is 24.1 Å². The van der Waals surface area contributed by atoms with Gasteiger partial charge in [0.1, 0.15) is 5.76 Å². The van der Waals surface area contributed by atoms with Gasteiger partial charge in [-0.2, -0.15) is 0 Å². The maximum absolute atomic E-state index is 11.1. The lowest BCUT2D eigenvalue weighted by molar-refractivity contribution is 0.488. The SMILES string of the molecule is CCS(=O)(=O)CCNCc1ccc(Cl)o1.Cl. The molecule has 0 aliphatic rings. The predicted octanol–water partition coefficient (Wildman–Crippen LogP) is 1.88. The van der Waals surface area contributed by atoms with E-state index < -0.39 is 9.84 Å². The van der Waals surface area contributed by atoms with Gasteiger partial charge in [0.15, 0.2) is 15.1 Å². The second-order valence-electron chi connectivity index (χ2n) is 3.12. The minimum Gasteiger partial charge on any atom is -0.448 e. The van der Waals surface area contributed by atoms with E-state index in [1.54, 1.807) is 19.1 Å². The van der Waals surface area contributed by atoms with Crippen molar-refractivity contribution in [3.63, 3.8) is 0 Å². The summed E-state index contributed by atoms with van der Waals surface area (Å²) < 4.78 is 27.4. The van der Waals surface area contributed by atoms with Crippen molar-refractivity contribution in [2.24, 2.45) is 0 Å². The van der Waals surface area contributed by atoms with Crippen molar-refractivity contribution >= 4 is 33.8 Å². The largest absolute Gasteiger partial charge is 0.448 e. The molecule has 0 radical (unpaired) electrons. The van der Waals surface area contributed by atoms with Crippen molar-refractivity contribution < 1.29 is 12.8 Å². The molecule has 1 aromatic heterocycles. The quantitative estimate of drug-likeness (QED) is 0.812. The first-order valence-corrected chi connectivity index (χ1v) is 6.89. The molecule has 0 aliphatic carbocycles. The predicted molar refractivity (Wildman–Crippen MR) is 67.0 cm³/mol. The van der Waals surface area contributed by atoms with Gasteiger partial charge >= 0.3 is 0 Å². The van der Waals surface area contributed by atoms with E-state index in [9.17, 15) is 8.42 Å². The average molecular weight is 288 g/mol. The molecule has 1 N–H and O–H groups in total. The Morgan fingerprint density at radius 2 is 2.12 bits per heavy atom. The zero-order chi connectivity index (χ0) is 11.3. The van der Waals surface area contributed by atoms with Gasteiger partial charge in [0.2, 0.25) is 0 Å². The number of halogens is 2. The Hall–Kier alpha value is -0.230. The second kappa shape index (κ2) is 7.17. The number of sulfone groups is 1. The highest BCUT2D eigenvalue weighted by molar-refractivity contribution is 7.91. The molecule has 0 aromatic carbocycles. The molecule has 0 saturated carbocycles. The van der Waals surface area contributed by atoms with Crippen LogP contribution in [0.3, 0.4) is 0 Å². The van der Waals surface area contributed by atoms with Crippen LogP contribution in [0.2, 0.25) is 5.22 Å². The number of hydrogen-bond acceptors (Lipinski definition) is 4. The Kier molecular flexibility index (Phi) is 7.06. The minimum atomic E-state index is -2.89. The summed E-state index contributed by atoms with van der Waals surface area (Å²) in [7, 11) is -2.89. The van der Waals surface area contributed by atoms with Gasteiger partial charge in [-0.3, -0.25) is 0 Å². The Morgan fingerprint density at radius 3 is 2.62 bits per heavy atom. The van der Waals surface area contributed by atoms with E-state index in [2.05, 4.69) is 5.32 Å². The van der Waals surface area contributed by atoms with Gasteiger partial charge in [-0.05, 0) is 23.7 Å². The Bertz CT molecular complexity index is 403. The van der Waals surface area contributed by atoms with Crippen molar-refractivity contribution in [3.05, 3.63) is 23.1 Å². The fourth-order valence-corrected chi connectivity index (χ4v) is 1.94. The molecule has 0 amide bonds. The molecule has 0 aliphatic heterocycles. The highest BCUT2D eigenvalue weighted by atomic mass is 35.5. The van der Waals surface area contributed by atoms with Crippen LogP contribution in [-0.4, -0.2) is 26.5 Å². The molecule has 4 nitrogen and oxygen atoms in total. The lowest BCUT2D eigenvalue weighted by Gasteiger charge is -2.02. The van der Waals surface area contributed by atoms with Gasteiger partial charge in [-0.15, -0.1) is 12.4 Å². The molecule has 7 heteroatoms. The summed E-state index contributed by atoms with van der Waals surface area (Å²) in [4.78, 5) is 0. The molecule has 0 fully saturated rings. The van der Waals surface area contributed by atoms with Gasteiger partial charge in [0.05, 0.1) is 12.3 Å². The number of furan rings is 1. The lowest BCUT2D eigenvalue weighted by atomic mass is 10.4. The van der Waals surface area contributed by atoms with Crippen molar-refractivity contribution in [2.45, 2.75) is 13.5 Å². The average Bonchev–Trinajstić information content (AvgIpc) is 2.59. The lowest BCUT2D eigenvalue weighted by Crippen LogP contribution is -2.23. The summed E-state index contributed by atoms with van der Waals surface area (Å²) in [6.07, 6.45) is 0. The molecular formula is C9H15Cl2NO3S. The first-order chi connectivity index (χ1) is 7.03. The molecule has 1 heterocycles. The van der Waals surface area contributed by atoms with E-state index in [1.165, 1.54) is 0 Å². The van der Waals surface area contributed by atoms with Gasteiger partial charge < -0.3 is 9.73 Å².